The maximum absolute atomic E-state index is 11.2. The molecular formula is C17H14N2O2. The third kappa shape index (κ3) is 2.50. The number of aryl methyl sites for hydroxylation is 1. The van der Waals surface area contributed by atoms with E-state index in [4.69, 9.17) is 5.26 Å². The van der Waals surface area contributed by atoms with Gasteiger partial charge in [-0.25, -0.2) is 4.98 Å². The van der Waals surface area contributed by atoms with Gasteiger partial charge in [0.25, 0.3) is 0 Å². The SMILES string of the molecule is N#Cc1cc(-c2ccc3c(c2CC(=O)O)CCC3)ccn1. The minimum atomic E-state index is -0.828. The highest BCUT2D eigenvalue weighted by Gasteiger charge is 2.20. The quantitative estimate of drug-likeness (QED) is 0.936. The highest BCUT2D eigenvalue weighted by molar-refractivity contribution is 5.78. The zero-order valence-corrected chi connectivity index (χ0v) is 11.5. The number of nitriles is 1. The van der Waals surface area contributed by atoms with Gasteiger partial charge in [0.05, 0.1) is 6.42 Å². The zero-order chi connectivity index (χ0) is 14.8. The van der Waals surface area contributed by atoms with Gasteiger partial charge in [-0.05, 0) is 59.2 Å². The van der Waals surface area contributed by atoms with Crippen molar-refractivity contribution >= 4 is 5.97 Å². The van der Waals surface area contributed by atoms with E-state index in [1.807, 2.05) is 18.2 Å². The predicted octanol–water partition coefficient (Wildman–Crippen LogP) is 2.74. The number of carbonyl (C=O) groups is 1. The lowest BCUT2D eigenvalue weighted by Crippen LogP contribution is -2.06. The molecule has 0 radical (unpaired) electrons. The molecule has 4 nitrogen and oxygen atoms in total. The second-order valence-electron chi connectivity index (χ2n) is 5.19. The van der Waals surface area contributed by atoms with Gasteiger partial charge in [0.15, 0.2) is 0 Å². The largest absolute Gasteiger partial charge is 0.481 e. The number of fused-ring (bicyclic) bond motifs is 1. The van der Waals surface area contributed by atoms with Crippen LogP contribution in [0.1, 0.15) is 28.8 Å². The van der Waals surface area contributed by atoms with E-state index in [2.05, 4.69) is 11.1 Å². The van der Waals surface area contributed by atoms with E-state index in [9.17, 15) is 9.90 Å². The molecule has 2 aromatic rings. The molecule has 0 amide bonds. The second-order valence-corrected chi connectivity index (χ2v) is 5.19. The Bertz CT molecular complexity index is 760. The van der Waals surface area contributed by atoms with Crippen LogP contribution in [0.2, 0.25) is 0 Å². The number of pyridine rings is 1. The first-order valence-electron chi connectivity index (χ1n) is 6.91. The van der Waals surface area contributed by atoms with Crippen LogP contribution in [0.15, 0.2) is 30.5 Å². The summed E-state index contributed by atoms with van der Waals surface area (Å²) in [6.45, 7) is 0. The Kier molecular flexibility index (Phi) is 3.41. The third-order valence-electron chi connectivity index (χ3n) is 3.91. The van der Waals surface area contributed by atoms with Crippen molar-refractivity contribution in [2.75, 3.05) is 0 Å². The van der Waals surface area contributed by atoms with Gasteiger partial charge in [0, 0.05) is 6.20 Å². The first-order chi connectivity index (χ1) is 10.2. The number of rotatable bonds is 3. The maximum Gasteiger partial charge on any atom is 0.307 e. The van der Waals surface area contributed by atoms with Crippen molar-refractivity contribution in [1.82, 2.24) is 4.98 Å². The van der Waals surface area contributed by atoms with Crippen LogP contribution in [0.4, 0.5) is 0 Å². The van der Waals surface area contributed by atoms with Crippen molar-refractivity contribution in [1.29, 1.82) is 5.26 Å². The summed E-state index contributed by atoms with van der Waals surface area (Å²) in [5, 5.41) is 18.2. The fourth-order valence-electron chi connectivity index (χ4n) is 3.03. The minimum Gasteiger partial charge on any atom is -0.481 e. The summed E-state index contributed by atoms with van der Waals surface area (Å²) in [4.78, 5) is 15.2. The molecule has 104 valence electrons. The molecule has 0 unspecified atom stereocenters. The normalized spacial score (nSPS) is 12.7. The van der Waals surface area contributed by atoms with E-state index in [0.29, 0.717) is 5.69 Å². The molecule has 0 fully saturated rings. The number of aromatic nitrogens is 1. The number of hydrogen-bond acceptors (Lipinski definition) is 3. The van der Waals surface area contributed by atoms with Crippen LogP contribution in [0.3, 0.4) is 0 Å². The molecule has 0 saturated carbocycles. The van der Waals surface area contributed by atoms with Crippen molar-refractivity contribution in [2.24, 2.45) is 0 Å². The summed E-state index contributed by atoms with van der Waals surface area (Å²) in [6, 6.07) is 9.60. The van der Waals surface area contributed by atoms with Crippen molar-refractivity contribution in [3.63, 3.8) is 0 Å². The Hall–Kier alpha value is -2.67. The topological polar surface area (TPSA) is 74.0 Å². The van der Waals surface area contributed by atoms with Crippen LogP contribution in [-0.2, 0) is 24.1 Å². The highest BCUT2D eigenvalue weighted by Crippen LogP contribution is 2.33. The molecule has 21 heavy (non-hydrogen) atoms. The van der Waals surface area contributed by atoms with E-state index in [0.717, 1.165) is 36.0 Å². The van der Waals surface area contributed by atoms with Gasteiger partial charge in [-0.2, -0.15) is 5.26 Å². The van der Waals surface area contributed by atoms with E-state index in [1.165, 1.54) is 11.1 Å². The van der Waals surface area contributed by atoms with E-state index < -0.39 is 5.97 Å². The monoisotopic (exact) mass is 278 g/mol. The minimum absolute atomic E-state index is 0.0166. The molecule has 0 spiro atoms. The molecule has 1 aromatic carbocycles. The standard InChI is InChI=1S/C17H14N2O2/c18-10-13-8-12(6-7-19-13)15-5-4-11-2-1-3-14(11)16(15)9-17(20)21/h4-8H,1-3,9H2,(H,20,21). The number of benzene rings is 1. The lowest BCUT2D eigenvalue weighted by atomic mass is 9.91. The number of aliphatic carboxylic acids is 1. The van der Waals surface area contributed by atoms with Crippen LogP contribution < -0.4 is 0 Å². The Labute approximate surface area is 122 Å². The van der Waals surface area contributed by atoms with Crippen LogP contribution in [0.25, 0.3) is 11.1 Å². The molecular weight excluding hydrogens is 264 g/mol. The van der Waals surface area contributed by atoms with Crippen LogP contribution in [-0.4, -0.2) is 16.1 Å². The lowest BCUT2D eigenvalue weighted by Gasteiger charge is -2.13. The first-order valence-corrected chi connectivity index (χ1v) is 6.91. The number of hydrogen-bond donors (Lipinski definition) is 1. The van der Waals surface area contributed by atoms with E-state index in [1.54, 1.807) is 12.3 Å². The molecule has 0 atom stereocenters. The Morgan fingerprint density at radius 1 is 1.33 bits per heavy atom. The smallest absolute Gasteiger partial charge is 0.307 e. The van der Waals surface area contributed by atoms with E-state index >= 15 is 0 Å². The fourth-order valence-corrected chi connectivity index (χ4v) is 3.03. The van der Waals surface area contributed by atoms with Crippen LogP contribution >= 0.6 is 0 Å². The summed E-state index contributed by atoms with van der Waals surface area (Å²) in [7, 11) is 0. The summed E-state index contributed by atoms with van der Waals surface area (Å²) in [6.07, 6.45) is 4.63. The van der Waals surface area contributed by atoms with Gasteiger partial charge in [-0.15, -0.1) is 0 Å². The van der Waals surface area contributed by atoms with Gasteiger partial charge in [0.2, 0.25) is 0 Å². The number of carboxylic acids is 1. The molecule has 1 aromatic heterocycles. The Balaban J connectivity index is 2.17. The van der Waals surface area contributed by atoms with Gasteiger partial charge in [0.1, 0.15) is 11.8 Å². The van der Waals surface area contributed by atoms with Crippen molar-refractivity contribution in [3.05, 3.63) is 52.8 Å². The Morgan fingerprint density at radius 3 is 2.95 bits per heavy atom. The second kappa shape index (κ2) is 5.37. The van der Waals surface area contributed by atoms with Crippen molar-refractivity contribution in [2.45, 2.75) is 25.7 Å². The Morgan fingerprint density at radius 2 is 2.19 bits per heavy atom. The zero-order valence-electron chi connectivity index (χ0n) is 11.5. The molecule has 1 aliphatic rings. The van der Waals surface area contributed by atoms with Gasteiger partial charge in [-0.3, -0.25) is 4.79 Å². The third-order valence-corrected chi connectivity index (χ3v) is 3.91. The predicted molar refractivity (Wildman–Crippen MR) is 77.8 cm³/mol. The molecule has 4 heteroatoms. The van der Waals surface area contributed by atoms with Gasteiger partial charge in [-0.1, -0.05) is 12.1 Å². The summed E-state index contributed by atoms with van der Waals surface area (Å²) in [5.74, 6) is -0.828. The maximum atomic E-state index is 11.2. The summed E-state index contributed by atoms with van der Waals surface area (Å²) < 4.78 is 0. The first kappa shape index (κ1) is 13.3. The van der Waals surface area contributed by atoms with Crippen LogP contribution in [0, 0.1) is 11.3 Å². The molecule has 1 heterocycles. The molecule has 0 bridgehead atoms. The summed E-state index contributed by atoms with van der Waals surface area (Å²) in [5.41, 5.74) is 5.40. The molecule has 0 saturated heterocycles. The van der Waals surface area contributed by atoms with Crippen LogP contribution in [0.5, 0.6) is 0 Å². The average Bonchev–Trinajstić information content (AvgIpc) is 2.96. The van der Waals surface area contributed by atoms with Crippen molar-refractivity contribution in [3.8, 4) is 17.2 Å². The average molecular weight is 278 g/mol. The fraction of sp³-hybridized carbons (Fsp3) is 0.235. The van der Waals surface area contributed by atoms with Crippen molar-refractivity contribution < 1.29 is 9.90 Å². The highest BCUT2D eigenvalue weighted by atomic mass is 16.4. The van der Waals surface area contributed by atoms with E-state index in [-0.39, 0.29) is 6.42 Å². The lowest BCUT2D eigenvalue weighted by molar-refractivity contribution is -0.136. The molecule has 3 rings (SSSR count). The molecule has 1 N–H and O–H groups in total. The van der Waals surface area contributed by atoms with Gasteiger partial charge >= 0.3 is 5.97 Å². The number of carboxylic acid groups (broad SMARTS) is 1. The summed E-state index contributed by atoms with van der Waals surface area (Å²) >= 11 is 0. The number of nitrogens with zero attached hydrogens (tertiary/aromatic N) is 2. The molecule has 1 aliphatic carbocycles. The molecule has 0 aliphatic heterocycles. The van der Waals surface area contributed by atoms with Gasteiger partial charge < -0.3 is 5.11 Å².